The van der Waals surface area contributed by atoms with Crippen LogP contribution in [0.2, 0.25) is 42.6 Å². The monoisotopic (exact) mass is 600 g/mol. The Balaban J connectivity index is 2.68. The molecule has 0 amide bonds. The van der Waals surface area contributed by atoms with E-state index in [1.807, 2.05) is 0 Å². The van der Waals surface area contributed by atoms with E-state index in [4.69, 9.17) is 0 Å². The van der Waals surface area contributed by atoms with Gasteiger partial charge in [-0.05, 0) is 0 Å². The average molecular weight is 596 g/mol. The first-order valence-corrected chi connectivity index (χ1v) is 18.8. The van der Waals surface area contributed by atoms with Gasteiger partial charge in [-0.2, -0.15) is 0 Å². The molecule has 144 valence electrons. The van der Waals surface area contributed by atoms with Crippen LogP contribution < -0.4 is 0 Å². The predicted octanol–water partition coefficient (Wildman–Crippen LogP) is 6.27. The first-order valence-electron chi connectivity index (χ1n) is 9.14. The zero-order valence-corrected chi connectivity index (χ0v) is 24.1. The van der Waals surface area contributed by atoms with Gasteiger partial charge in [-0.3, -0.25) is 0 Å². The van der Waals surface area contributed by atoms with Gasteiger partial charge in [0.1, 0.15) is 0 Å². The van der Waals surface area contributed by atoms with Crippen molar-refractivity contribution in [2.75, 3.05) is 0 Å². The molecule has 0 unspecified atom stereocenters. The van der Waals surface area contributed by atoms with Gasteiger partial charge in [0.2, 0.25) is 0 Å². The second-order valence-corrected chi connectivity index (χ2v) is 18.9. The topological polar surface area (TPSA) is 0 Å². The zero-order chi connectivity index (χ0) is 18.5. The van der Waals surface area contributed by atoms with Gasteiger partial charge in [0.15, 0.2) is 0 Å². The molecule has 0 aliphatic carbocycles. The summed E-state index contributed by atoms with van der Waals surface area (Å²) in [6.45, 7) is 20.3. The molecule has 1 rings (SSSR count). The van der Waals surface area contributed by atoms with Crippen LogP contribution in [0.1, 0.15) is 55.4 Å². The predicted molar refractivity (Wildman–Crippen MR) is 117 cm³/mol. The van der Waals surface area contributed by atoms with Gasteiger partial charge in [0, 0.05) is 0 Å². The first-order chi connectivity index (χ1) is 10.8. The molecule has 0 saturated carbocycles. The van der Waals surface area contributed by atoms with Gasteiger partial charge >= 0.3 is 179 Å². The third-order valence-corrected chi connectivity index (χ3v) is 20.5. The van der Waals surface area contributed by atoms with E-state index in [0.29, 0.717) is 21.7 Å². The van der Waals surface area contributed by atoms with E-state index in [-0.39, 0.29) is 0 Å². The average Bonchev–Trinajstić information content (AvgIpc) is 2.35. The minimum absolute atomic E-state index is 0.599. The molecule has 0 bridgehead atoms. The van der Waals surface area contributed by atoms with Gasteiger partial charge in [-0.15, -0.1) is 0 Å². The van der Waals surface area contributed by atoms with Crippen LogP contribution in [-0.4, -0.2) is 59.8 Å². The van der Waals surface area contributed by atoms with E-state index < -0.39 is 0 Å². The molecule has 0 atom stereocenters. The summed E-state index contributed by atoms with van der Waals surface area (Å²) in [5, 5.41) is 12.0. The van der Waals surface area contributed by atoms with Crippen LogP contribution >= 0.6 is 0 Å². The van der Waals surface area contributed by atoms with Crippen LogP contribution in [0.15, 0.2) is 0 Å². The Labute approximate surface area is 178 Å². The zero-order valence-electron chi connectivity index (χ0n) is 17.3. The van der Waals surface area contributed by atoms with Crippen LogP contribution in [0.4, 0.5) is 0 Å². The van der Waals surface area contributed by atoms with Crippen molar-refractivity contribution >= 4 is 59.8 Å². The van der Waals surface area contributed by atoms with E-state index in [0.717, 1.165) is 59.8 Å². The van der Waals surface area contributed by atoms with E-state index >= 15 is 0 Å². The van der Waals surface area contributed by atoms with E-state index in [9.17, 15) is 0 Å². The SMILES string of the molecule is CC1(C)C[Se]CC(C)(C)C[Se]CC(C)(C)C[Se]CC(C)(C)C[Se]C1. The standard InChI is InChI=1S/C20H40Se4/c1-17(2)9-21-11-18(3,4)13-23-15-20(7,8)16-24-14-19(5,6)12-22-10-17/h9-16H2,1-8H3. The second-order valence-electron chi connectivity index (χ2n) is 10.6. The molecule has 1 saturated heterocycles. The van der Waals surface area contributed by atoms with Crippen molar-refractivity contribution in [3.63, 3.8) is 0 Å². The normalized spacial score (nSPS) is 29.0. The third kappa shape index (κ3) is 11.0. The molecule has 1 aliphatic rings. The number of hydrogen-bond donors (Lipinski definition) is 0. The third-order valence-electron chi connectivity index (χ3n) is 3.94. The molecule has 0 spiro atoms. The van der Waals surface area contributed by atoms with Gasteiger partial charge in [-0.1, -0.05) is 0 Å². The molecule has 0 N–H and O–H groups in total. The first kappa shape index (κ1) is 24.1. The van der Waals surface area contributed by atoms with Gasteiger partial charge < -0.3 is 0 Å². The van der Waals surface area contributed by atoms with Crippen molar-refractivity contribution in [1.82, 2.24) is 0 Å². The molecular formula is C20H40Se4. The molecular weight excluding hydrogens is 556 g/mol. The minimum atomic E-state index is 0.599. The molecule has 1 heterocycles. The Hall–Kier alpha value is 2.08. The molecule has 0 aromatic rings. The Morgan fingerprint density at radius 1 is 0.333 bits per heavy atom. The summed E-state index contributed by atoms with van der Waals surface area (Å²) in [6.07, 6.45) is 0. The van der Waals surface area contributed by atoms with Crippen LogP contribution in [0, 0.1) is 21.7 Å². The van der Waals surface area contributed by atoms with E-state index in [1.54, 1.807) is 0 Å². The van der Waals surface area contributed by atoms with Gasteiger partial charge in [0.25, 0.3) is 0 Å². The Kier molecular flexibility index (Phi) is 10.1. The van der Waals surface area contributed by atoms with Gasteiger partial charge in [0.05, 0.1) is 0 Å². The fraction of sp³-hybridized carbons (Fsp3) is 1.00. The molecule has 0 aromatic heterocycles. The summed E-state index contributed by atoms with van der Waals surface area (Å²) in [4.78, 5) is 0. The van der Waals surface area contributed by atoms with Crippen molar-refractivity contribution in [2.45, 2.75) is 97.9 Å². The fourth-order valence-electron chi connectivity index (χ4n) is 2.58. The van der Waals surface area contributed by atoms with Crippen molar-refractivity contribution < 1.29 is 0 Å². The van der Waals surface area contributed by atoms with E-state index in [1.165, 1.54) is 42.6 Å². The van der Waals surface area contributed by atoms with Crippen molar-refractivity contribution in [2.24, 2.45) is 21.7 Å². The van der Waals surface area contributed by atoms with Crippen LogP contribution in [0.5, 0.6) is 0 Å². The summed E-state index contributed by atoms with van der Waals surface area (Å²) >= 11 is 3.35. The molecule has 0 aromatic carbocycles. The molecule has 0 nitrogen and oxygen atoms in total. The summed E-state index contributed by atoms with van der Waals surface area (Å²) in [5.41, 5.74) is 2.39. The summed E-state index contributed by atoms with van der Waals surface area (Å²) < 4.78 is 0. The van der Waals surface area contributed by atoms with Crippen molar-refractivity contribution in [1.29, 1.82) is 0 Å². The molecule has 1 aliphatic heterocycles. The number of hydrogen-bond acceptors (Lipinski definition) is 0. The summed E-state index contributed by atoms with van der Waals surface area (Å²) in [7, 11) is 0. The maximum absolute atomic E-state index is 2.54. The maximum atomic E-state index is 2.54. The van der Waals surface area contributed by atoms with Crippen molar-refractivity contribution in [3.8, 4) is 0 Å². The molecule has 24 heavy (non-hydrogen) atoms. The molecule has 4 heteroatoms. The second kappa shape index (κ2) is 10.0. The van der Waals surface area contributed by atoms with Crippen LogP contribution in [0.25, 0.3) is 0 Å². The van der Waals surface area contributed by atoms with Crippen LogP contribution in [0.3, 0.4) is 0 Å². The van der Waals surface area contributed by atoms with Crippen LogP contribution in [-0.2, 0) is 0 Å². The Morgan fingerprint density at radius 3 is 0.583 bits per heavy atom. The molecule has 1 fully saturated rings. The Morgan fingerprint density at radius 2 is 0.458 bits per heavy atom. The summed E-state index contributed by atoms with van der Waals surface area (Å²) in [5.74, 6) is 0. The van der Waals surface area contributed by atoms with E-state index in [2.05, 4.69) is 55.4 Å². The van der Waals surface area contributed by atoms with Crippen molar-refractivity contribution in [3.05, 3.63) is 0 Å². The fourth-order valence-corrected chi connectivity index (χ4v) is 17.0. The summed E-state index contributed by atoms with van der Waals surface area (Å²) in [6, 6.07) is 0. The van der Waals surface area contributed by atoms with Gasteiger partial charge in [-0.25, -0.2) is 0 Å². The molecule has 0 radical (unpaired) electrons. The Bertz CT molecular complexity index is 276. The number of rotatable bonds is 0. The quantitative estimate of drug-likeness (QED) is 0.290.